The van der Waals surface area contributed by atoms with Crippen molar-refractivity contribution in [2.45, 2.75) is 13.3 Å². The summed E-state index contributed by atoms with van der Waals surface area (Å²) in [6, 6.07) is 1.38. The molecule has 0 spiro atoms. The molecule has 0 unspecified atom stereocenters. The molecule has 1 N–H and O–H groups in total. The van der Waals surface area contributed by atoms with Crippen molar-refractivity contribution < 1.29 is 23.1 Å². The van der Waals surface area contributed by atoms with E-state index >= 15 is 0 Å². The van der Waals surface area contributed by atoms with Crippen LogP contribution in [0.1, 0.15) is 29.3 Å². The maximum Gasteiger partial charge on any atom is 0.267 e. The van der Waals surface area contributed by atoms with Gasteiger partial charge in [0.25, 0.3) is 6.43 Å². The van der Waals surface area contributed by atoms with Gasteiger partial charge >= 0.3 is 0 Å². The first-order valence-corrected chi connectivity index (χ1v) is 3.75. The quantitative estimate of drug-likeness (QED) is 0.752. The van der Waals surface area contributed by atoms with Crippen LogP contribution in [-0.2, 0) is 0 Å². The molecule has 0 aromatic heterocycles. The van der Waals surface area contributed by atoms with Crippen molar-refractivity contribution in [2.75, 3.05) is 0 Å². The summed E-state index contributed by atoms with van der Waals surface area (Å²) >= 11 is 0. The summed E-state index contributed by atoms with van der Waals surface area (Å²) in [5, 5.41) is 8.91. The van der Waals surface area contributed by atoms with Gasteiger partial charge in [0.2, 0.25) is 0 Å². The van der Waals surface area contributed by atoms with Gasteiger partial charge in [0, 0.05) is 11.6 Å². The van der Waals surface area contributed by atoms with E-state index in [1.54, 1.807) is 0 Å². The van der Waals surface area contributed by atoms with Gasteiger partial charge in [-0.3, -0.25) is 4.79 Å². The minimum Gasteiger partial charge on any atom is -0.508 e. The molecule has 1 aromatic carbocycles. The molecule has 0 heterocycles. The Balaban J connectivity index is 3.44. The van der Waals surface area contributed by atoms with Gasteiger partial charge in [0.1, 0.15) is 11.6 Å². The minimum atomic E-state index is -3.07. The molecule has 0 aliphatic rings. The van der Waals surface area contributed by atoms with Crippen LogP contribution in [0.25, 0.3) is 0 Å². The van der Waals surface area contributed by atoms with Crippen molar-refractivity contribution in [3.63, 3.8) is 0 Å². The molecule has 0 atom stereocenters. The number of Topliss-reactive ketones (excluding diaryl/α,β-unsaturated/α-hetero) is 1. The van der Waals surface area contributed by atoms with Gasteiger partial charge in [-0.25, -0.2) is 13.2 Å². The fourth-order valence-electron chi connectivity index (χ4n) is 1.12. The monoisotopic (exact) mass is 204 g/mol. The number of phenolic OH excluding ortho intramolecular Hbond substituents is 1. The number of benzene rings is 1. The van der Waals surface area contributed by atoms with Crippen molar-refractivity contribution in [3.05, 3.63) is 29.1 Å². The molecule has 0 saturated carbocycles. The molecule has 0 radical (unpaired) electrons. The van der Waals surface area contributed by atoms with Crippen LogP contribution >= 0.6 is 0 Å². The number of carbonyl (C=O) groups excluding carboxylic acids is 1. The fraction of sp³-hybridized carbons (Fsp3) is 0.222. The first kappa shape index (κ1) is 10.6. The summed E-state index contributed by atoms with van der Waals surface area (Å²) in [6.07, 6.45) is -3.07. The average Bonchev–Trinajstić information content (AvgIpc) is 2.01. The highest BCUT2D eigenvalue weighted by Crippen LogP contribution is 2.29. The Kier molecular flexibility index (Phi) is 2.78. The zero-order chi connectivity index (χ0) is 10.9. The van der Waals surface area contributed by atoms with E-state index in [0.717, 1.165) is 13.0 Å². The Hall–Kier alpha value is -1.52. The molecule has 1 aromatic rings. The van der Waals surface area contributed by atoms with Crippen molar-refractivity contribution in [2.24, 2.45) is 0 Å². The molecular weight excluding hydrogens is 197 g/mol. The zero-order valence-corrected chi connectivity index (χ0v) is 7.22. The Labute approximate surface area is 78.0 Å². The number of carbonyl (C=O) groups is 1. The lowest BCUT2D eigenvalue weighted by Crippen LogP contribution is -2.03. The van der Waals surface area contributed by atoms with Crippen LogP contribution in [0.5, 0.6) is 5.75 Å². The average molecular weight is 204 g/mol. The van der Waals surface area contributed by atoms with Gasteiger partial charge in [-0.1, -0.05) is 0 Å². The van der Waals surface area contributed by atoms with Gasteiger partial charge in [-0.05, 0) is 13.0 Å². The van der Waals surface area contributed by atoms with Crippen LogP contribution < -0.4 is 0 Å². The lowest BCUT2D eigenvalue weighted by Gasteiger charge is -2.07. The topological polar surface area (TPSA) is 37.3 Å². The van der Waals surface area contributed by atoms with Crippen molar-refractivity contribution >= 4 is 5.78 Å². The molecular formula is C9H7F3O2. The first-order chi connectivity index (χ1) is 6.43. The normalized spacial score (nSPS) is 10.6. The number of ketones is 1. The molecule has 0 fully saturated rings. The highest BCUT2D eigenvalue weighted by atomic mass is 19.3. The number of phenols is 1. The molecule has 5 heteroatoms. The maximum atomic E-state index is 12.9. The molecule has 2 nitrogen and oxygen atoms in total. The summed E-state index contributed by atoms with van der Waals surface area (Å²) in [6.45, 7) is 1.03. The molecule has 0 aliphatic heterocycles. The third-order valence-electron chi connectivity index (χ3n) is 1.71. The van der Waals surface area contributed by atoms with E-state index in [1.807, 2.05) is 0 Å². The summed E-state index contributed by atoms with van der Waals surface area (Å²) in [5.74, 6) is -2.53. The van der Waals surface area contributed by atoms with E-state index in [2.05, 4.69) is 0 Å². The largest absolute Gasteiger partial charge is 0.508 e. The Bertz CT molecular complexity index is 375. The van der Waals surface area contributed by atoms with Crippen molar-refractivity contribution in [1.82, 2.24) is 0 Å². The minimum absolute atomic E-state index is 0.488. The third kappa shape index (κ3) is 1.86. The van der Waals surface area contributed by atoms with Crippen molar-refractivity contribution in [3.8, 4) is 5.75 Å². The van der Waals surface area contributed by atoms with Gasteiger partial charge in [0.15, 0.2) is 5.78 Å². The number of hydrogen-bond donors (Lipinski definition) is 1. The predicted octanol–water partition coefficient (Wildman–Crippen LogP) is 2.67. The van der Waals surface area contributed by atoms with Gasteiger partial charge < -0.3 is 5.11 Å². The lowest BCUT2D eigenvalue weighted by molar-refractivity contribution is 0.0995. The van der Waals surface area contributed by atoms with Crippen LogP contribution in [0.3, 0.4) is 0 Å². The van der Waals surface area contributed by atoms with E-state index in [9.17, 15) is 18.0 Å². The van der Waals surface area contributed by atoms with E-state index in [4.69, 9.17) is 5.11 Å². The van der Waals surface area contributed by atoms with Crippen LogP contribution in [0.2, 0.25) is 0 Å². The van der Waals surface area contributed by atoms with Gasteiger partial charge in [-0.2, -0.15) is 0 Å². The second-order valence-corrected chi connectivity index (χ2v) is 2.75. The lowest BCUT2D eigenvalue weighted by atomic mass is 10.0. The second kappa shape index (κ2) is 3.69. The SMILES string of the molecule is CC(=O)c1cc(O)cc(F)c1C(F)F. The Morgan fingerprint density at radius 1 is 1.43 bits per heavy atom. The van der Waals surface area contributed by atoms with Crippen LogP contribution in [0, 0.1) is 5.82 Å². The number of aromatic hydroxyl groups is 1. The summed E-state index contributed by atoms with van der Waals surface area (Å²) in [5.41, 5.74) is -1.45. The second-order valence-electron chi connectivity index (χ2n) is 2.75. The van der Waals surface area contributed by atoms with E-state index in [1.165, 1.54) is 0 Å². The first-order valence-electron chi connectivity index (χ1n) is 3.75. The summed E-state index contributed by atoms with van der Waals surface area (Å²) < 4.78 is 37.5. The molecule has 76 valence electrons. The third-order valence-corrected chi connectivity index (χ3v) is 1.71. The van der Waals surface area contributed by atoms with Crippen molar-refractivity contribution in [1.29, 1.82) is 0 Å². The van der Waals surface area contributed by atoms with E-state index in [0.29, 0.717) is 6.07 Å². The smallest absolute Gasteiger partial charge is 0.267 e. The van der Waals surface area contributed by atoms with Gasteiger partial charge in [0.05, 0.1) is 5.56 Å². The number of rotatable bonds is 2. The highest BCUT2D eigenvalue weighted by molar-refractivity contribution is 5.96. The standard InChI is InChI=1S/C9H7F3O2/c1-4(13)6-2-5(14)3-7(10)8(6)9(11)12/h2-3,9,14H,1H3. The maximum absolute atomic E-state index is 12.9. The molecule has 0 saturated heterocycles. The van der Waals surface area contributed by atoms with Crippen LogP contribution in [-0.4, -0.2) is 10.9 Å². The predicted molar refractivity (Wildman–Crippen MR) is 43.0 cm³/mol. The molecule has 0 bridgehead atoms. The molecule has 1 rings (SSSR count). The molecule has 14 heavy (non-hydrogen) atoms. The van der Waals surface area contributed by atoms with E-state index in [-0.39, 0.29) is 0 Å². The number of hydrogen-bond acceptors (Lipinski definition) is 2. The van der Waals surface area contributed by atoms with Crippen LogP contribution in [0.4, 0.5) is 13.2 Å². The van der Waals surface area contributed by atoms with E-state index < -0.39 is 34.9 Å². The number of alkyl halides is 2. The summed E-state index contributed by atoms with van der Waals surface area (Å²) in [4.78, 5) is 10.9. The molecule has 0 aliphatic carbocycles. The highest BCUT2D eigenvalue weighted by Gasteiger charge is 2.21. The zero-order valence-electron chi connectivity index (χ0n) is 7.22. The van der Waals surface area contributed by atoms with Gasteiger partial charge in [-0.15, -0.1) is 0 Å². The number of halogens is 3. The fourth-order valence-corrected chi connectivity index (χ4v) is 1.12. The molecule has 0 amide bonds. The van der Waals surface area contributed by atoms with Crippen LogP contribution in [0.15, 0.2) is 12.1 Å². The summed E-state index contributed by atoms with van der Waals surface area (Å²) in [7, 11) is 0. The Morgan fingerprint density at radius 2 is 2.00 bits per heavy atom. The Morgan fingerprint density at radius 3 is 2.43 bits per heavy atom.